The smallest absolute Gasteiger partial charge is 0.321 e. The predicted octanol–water partition coefficient (Wildman–Crippen LogP) is 3.19. The van der Waals surface area contributed by atoms with Gasteiger partial charge in [-0.25, -0.2) is 9.48 Å². The molecule has 134 valence electrons. The Hall–Kier alpha value is -3.16. The third-order valence-electron chi connectivity index (χ3n) is 4.55. The van der Waals surface area contributed by atoms with Crippen LogP contribution in [0.5, 0.6) is 0 Å². The monoisotopic (exact) mass is 352 g/mol. The van der Waals surface area contributed by atoms with Crippen LogP contribution >= 0.6 is 0 Å². The fourth-order valence-electron chi connectivity index (χ4n) is 2.77. The van der Waals surface area contributed by atoms with Gasteiger partial charge >= 0.3 is 6.03 Å². The van der Waals surface area contributed by atoms with E-state index in [1.807, 2.05) is 36.5 Å². The Bertz CT molecular complexity index is 867. The molecular formula is C18H20N6O2. The second kappa shape index (κ2) is 6.99. The van der Waals surface area contributed by atoms with E-state index in [0.29, 0.717) is 29.9 Å². The van der Waals surface area contributed by atoms with Gasteiger partial charge in [0.2, 0.25) is 5.89 Å². The highest BCUT2D eigenvalue weighted by Gasteiger charge is 2.25. The largest absolute Gasteiger partial charge is 0.339 e. The molecule has 2 amide bonds. The summed E-state index contributed by atoms with van der Waals surface area (Å²) < 4.78 is 7.05. The third kappa shape index (κ3) is 3.44. The lowest BCUT2D eigenvalue weighted by molar-refractivity contribution is 0.219. The van der Waals surface area contributed by atoms with Gasteiger partial charge in [-0.3, -0.25) is 0 Å². The summed E-state index contributed by atoms with van der Waals surface area (Å²) in [5.41, 5.74) is 1.64. The number of urea groups is 1. The Morgan fingerprint density at radius 1 is 1.35 bits per heavy atom. The van der Waals surface area contributed by atoms with Crippen LogP contribution in [0.1, 0.15) is 36.9 Å². The SMILES string of the molecule is CN(Cc1noc(C2CCC2)n1)C(=O)Nc1ccc(-n2cccn2)cc1. The Morgan fingerprint density at radius 2 is 2.15 bits per heavy atom. The molecule has 4 rings (SSSR count). The summed E-state index contributed by atoms with van der Waals surface area (Å²) in [7, 11) is 1.70. The molecule has 0 aliphatic heterocycles. The molecule has 0 spiro atoms. The van der Waals surface area contributed by atoms with Crippen molar-refractivity contribution in [1.82, 2.24) is 24.8 Å². The highest BCUT2D eigenvalue weighted by atomic mass is 16.5. The van der Waals surface area contributed by atoms with Crippen molar-refractivity contribution in [2.24, 2.45) is 0 Å². The summed E-state index contributed by atoms with van der Waals surface area (Å²) in [4.78, 5) is 18.3. The summed E-state index contributed by atoms with van der Waals surface area (Å²) in [6.45, 7) is 0.299. The molecule has 3 aromatic rings. The van der Waals surface area contributed by atoms with Crippen molar-refractivity contribution in [3.63, 3.8) is 0 Å². The lowest BCUT2D eigenvalue weighted by Crippen LogP contribution is -2.31. The molecule has 1 fully saturated rings. The molecule has 2 aromatic heterocycles. The number of rotatable bonds is 5. The van der Waals surface area contributed by atoms with E-state index in [2.05, 4.69) is 20.6 Å². The number of carbonyl (C=O) groups is 1. The van der Waals surface area contributed by atoms with Gasteiger partial charge in [-0.2, -0.15) is 10.1 Å². The van der Waals surface area contributed by atoms with Gasteiger partial charge in [0.25, 0.3) is 0 Å². The van der Waals surface area contributed by atoms with Gasteiger partial charge in [-0.1, -0.05) is 11.6 Å². The molecule has 8 heteroatoms. The average Bonchev–Trinajstić information content (AvgIpc) is 3.26. The Balaban J connectivity index is 1.34. The van der Waals surface area contributed by atoms with Crippen LogP contribution in [0.4, 0.5) is 10.5 Å². The number of benzene rings is 1. The molecule has 2 heterocycles. The summed E-state index contributed by atoms with van der Waals surface area (Å²) in [5, 5.41) is 11.0. The van der Waals surface area contributed by atoms with Crippen molar-refractivity contribution < 1.29 is 9.32 Å². The second-order valence-electron chi connectivity index (χ2n) is 6.46. The fourth-order valence-corrected chi connectivity index (χ4v) is 2.77. The van der Waals surface area contributed by atoms with E-state index in [1.54, 1.807) is 17.9 Å². The molecule has 1 aliphatic carbocycles. The van der Waals surface area contributed by atoms with Crippen LogP contribution in [-0.4, -0.2) is 37.9 Å². The van der Waals surface area contributed by atoms with E-state index in [1.165, 1.54) is 11.3 Å². The first-order valence-electron chi connectivity index (χ1n) is 8.64. The van der Waals surface area contributed by atoms with Crippen LogP contribution in [0.15, 0.2) is 47.2 Å². The molecule has 0 atom stereocenters. The van der Waals surface area contributed by atoms with Crippen LogP contribution < -0.4 is 5.32 Å². The second-order valence-corrected chi connectivity index (χ2v) is 6.46. The molecule has 1 aromatic carbocycles. The van der Waals surface area contributed by atoms with Crippen molar-refractivity contribution in [2.45, 2.75) is 31.7 Å². The molecule has 0 saturated heterocycles. The number of hydrogen-bond acceptors (Lipinski definition) is 5. The van der Waals surface area contributed by atoms with Crippen molar-refractivity contribution in [3.05, 3.63) is 54.4 Å². The number of amides is 2. The van der Waals surface area contributed by atoms with E-state index in [-0.39, 0.29) is 6.03 Å². The molecule has 1 aliphatic rings. The molecule has 1 saturated carbocycles. The number of hydrogen-bond donors (Lipinski definition) is 1. The van der Waals surface area contributed by atoms with Gasteiger partial charge in [0.05, 0.1) is 12.2 Å². The standard InChI is InChI=1S/C18H20N6O2/c1-23(12-16-21-17(26-22-16)13-4-2-5-13)18(25)20-14-6-8-15(9-7-14)24-11-3-10-19-24/h3,6-11,13H,2,4-5,12H2,1H3,(H,20,25). The van der Waals surface area contributed by atoms with Crippen molar-refractivity contribution >= 4 is 11.7 Å². The lowest BCUT2D eigenvalue weighted by atomic mass is 9.85. The fraction of sp³-hybridized carbons (Fsp3) is 0.333. The summed E-state index contributed by atoms with van der Waals surface area (Å²) in [5.74, 6) is 1.61. The zero-order valence-corrected chi connectivity index (χ0v) is 14.5. The minimum atomic E-state index is -0.230. The number of carbonyl (C=O) groups excluding carboxylic acids is 1. The van der Waals surface area contributed by atoms with Crippen LogP contribution in [0.3, 0.4) is 0 Å². The highest BCUT2D eigenvalue weighted by Crippen LogP contribution is 2.35. The van der Waals surface area contributed by atoms with Crippen LogP contribution in [0.25, 0.3) is 5.69 Å². The number of anilines is 1. The molecular weight excluding hydrogens is 332 g/mol. The van der Waals surface area contributed by atoms with Gasteiger partial charge in [0.1, 0.15) is 0 Å². The van der Waals surface area contributed by atoms with Crippen molar-refractivity contribution in [3.8, 4) is 5.69 Å². The summed E-state index contributed by atoms with van der Waals surface area (Å²) >= 11 is 0. The molecule has 1 N–H and O–H groups in total. The van der Waals surface area contributed by atoms with E-state index in [0.717, 1.165) is 18.5 Å². The van der Waals surface area contributed by atoms with Gasteiger partial charge in [-0.05, 0) is 43.2 Å². The normalized spacial score (nSPS) is 14.0. The van der Waals surface area contributed by atoms with Crippen LogP contribution in [0.2, 0.25) is 0 Å². The summed E-state index contributed by atoms with van der Waals surface area (Å²) in [6.07, 6.45) is 7.01. The van der Waals surface area contributed by atoms with E-state index < -0.39 is 0 Å². The maximum atomic E-state index is 12.3. The topological polar surface area (TPSA) is 89.1 Å². The molecule has 26 heavy (non-hydrogen) atoms. The van der Waals surface area contributed by atoms with Crippen molar-refractivity contribution in [1.29, 1.82) is 0 Å². The number of aromatic nitrogens is 4. The minimum absolute atomic E-state index is 0.230. The third-order valence-corrected chi connectivity index (χ3v) is 4.55. The Labute approximate surface area is 150 Å². The highest BCUT2D eigenvalue weighted by molar-refractivity contribution is 5.89. The minimum Gasteiger partial charge on any atom is -0.339 e. The first-order chi connectivity index (χ1) is 12.7. The summed E-state index contributed by atoms with van der Waals surface area (Å²) in [6, 6.07) is 9.10. The molecule has 8 nitrogen and oxygen atoms in total. The van der Waals surface area contributed by atoms with Gasteiger partial charge < -0.3 is 14.7 Å². The van der Waals surface area contributed by atoms with Gasteiger partial charge in [-0.15, -0.1) is 0 Å². The zero-order chi connectivity index (χ0) is 17.9. The van der Waals surface area contributed by atoms with E-state index >= 15 is 0 Å². The Morgan fingerprint density at radius 3 is 2.81 bits per heavy atom. The van der Waals surface area contributed by atoms with Gasteiger partial charge in [0.15, 0.2) is 5.82 Å². The quantitative estimate of drug-likeness (QED) is 0.762. The molecule has 0 unspecified atom stereocenters. The molecule has 0 radical (unpaired) electrons. The average molecular weight is 352 g/mol. The van der Waals surface area contributed by atoms with Crippen LogP contribution in [0, 0.1) is 0 Å². The first-order valence-corrected chi connectivity index (χ1v) is 8.64. The first kappa shape index (κ1) is 16.3. The maximum absolute atomic E-state index is 12.3. The van der Waals surface area contributed by atoms with Gasteiger partial charge in [0, 0.05) is 31.0 Å². The number of nitrogens with zero attached hydrogens (tertiary/aromatic N) is 5. The predicted molar refractivity (Wildman–Crippen MR) is 94.9 cm³/mol. The van der Waals surface area contributed by atoms with E-state index in [9.17, 15) is 4.79 Å². The molecule has 0 bridgehead atoms. The maximum Gasteiger partial charge on any atom is 0.321 e. The lowest BCUT2D eigenvalue weighted by Gasteiger charge is -2.20. The Kier molecular flexibility index (Phi) is 4.39. The number of nitrogens with one attached hydrogen (secondary N) is 1. The van der Waals surface area contributed by atoms with E-state index in [4.69, 9.17) is 4.52 Å². The van der Waals surface area contributed by atoms with Crippen LogP contribution in [-0.2, 0) is 6.54 Å². The van der Waals surface area contributed by atoms with Crippen molar-refractivity contribution in [2.75, 3.05) is 12.4 Å². The zero-order valence-electron chi connectivity index (χ0n) is 14.5.